The number of nitrogens with zero attached hydrogens (tertiary/aromatic N) is 1. The second kappa shape index (κ2) is 8.45. The maximum Gasteiger partial charge on any atom is 0.345 e. The van der Waals surface area contributed by atoms with Crippen molar-refractivity contribution >= 4 is 23.4 Å². The molecule has 1 N–H and O–H groups in total. The molecule has 0 saturated heterocycles. The van der Waals surface area contributed by atoms with E-state index in [0.29, 0.717) is 5.75 Å². The summed E-state index contributed by atoms with van der Waals surface area (Å²) in [5.41, 5.74) is 2.93. The Hall–Kier alpha value is -2.92. The van der Waals surface area contributed by atoms with Crippen LogP contribution in [0.1, 0.15) is 17.0 Å². The molecule has 0 bridgehead atoms. The van der Waals surface area contributed by atoms with Crippen molar-refractivity contribution in [2.75, 3.05) is 0 Å². The zero-order valence-corrected chi connectivity index (χ0v) is 15.1. The summed E-state index contributed by atoms with van der Waals surface area (Å²) in [4.78, 5) is 15.9. The summed E-state index contributed by atoms with van der Waals surface area (Å²) in [5.74, 6) is -0.455. The van der Waals surface area contributed by atoms with Gasteiger partial charge in [0, 0.05) is 17.4 Å². The number of thiazole rings is 1. The molecular weight excluding hydrogens is 346 g/mol. The Balaban J connectivity index is 1.64. The van der Waals surface area contributed by atoms with Crippen LogP contribution in [0.25, 0.3) is 17.3 Å². The number of aromatic nitrogens is 1. The topological polar surface area (TPSA) is 59.4 Å². The monoisotopic (exact) mass is 365 g/mol. The zero-order chi connectivity index (χ0) is 18.4. The van der Waals surface area contributed by atoms with Gasteiger partial charge in [0.1, 0.15) is 5.75 Å². The van der Waals surface area contributed by atoms with Crippen LogP contribution < -0.4 is 4.74 Å². The Morgan fingerprint density at radius 1 is 1.19 bits per heavy atom. The number of rotatable bonds is 7. The average Bonchev–Trinajstić information content (AvgIpc) is 3.08. The number of hydrogen-bond acceptors (Lipinski definition) is 4. The van der Waals surface area contributed by atoms with Crippen molar-refractivity contribution < 1.29 is 14.6 Å². The number of aryl methyl sites for hydroxylation is 1. The van der Waals surface area contributed by atoms with E-state index in [9.17, 15) is 9.90 Å². The predicted molar refractivity (Wildman–Crippen MR) is 104 cm³/mol. The third kappa shape index (κ3) is 4.80. The summed E-state index contributed by atoms with van der Waals surface area (Å²) in [7, 11) is 0. The van der Waals surface area contributed by atoms with Gasteiger partial charge in [-0.1, -0.05) is 42.5 Å². The Morgan fingerprint density at radius 3 is 2.54 bits per heavy atom. The van der Waals surface area contributed by atoms with Gasteiger partial charge in [-0.3, -0.25) is 0 Å². The van der Waals surface area contributed by atoms with E-state index in [1.165, 1.54) is 0 Å². The number of carboxylic acids is 1. The minimum absolute atomic E-state index is 0.289. The molecule has 0 amide bonds. The van der Waals surface area contributed by atoms with Gasteiger partial charge in [0.25, 0.3) is 0 Å². The highest BCUT2D eigenvalue weighted by Gasteiger charge is 2.17. The molecule has 0 saturated carbocycles. The number of carboxylic acid groups (broad SMARTS) is 1. The van der Waals surface area contributed by atoms with Gasteiger partial charge in [0.15, 0.2) is 6.10 Å². The van der Waals surface area contributed by atoms with E-state index in [2.05, 4.69) is 4.98 Å². The third-order valence-electron chi connectivity index (χ3n) is 3.78. The normalized spacial score (nSPS) is 12.2. The fraction of sp³-hybridized carbons (Fsp3) is 0.143. The van der Waals surface area contributed by atoms with Gasteiger partial charge in [0.2, 0.25) is 0 Å². The van der Waals surface area contributed by atoms with Crippen molar-refractivity contribution in [3.8, 4) is 17.0 Å². The maximum absolute atomic E-state index is 11.5. The van der Waals surface area contributed by atoms with Gasteiger partial charge in [-0.15, -0.1) is 11.3 Å². The maximum atomic E-state index is 11.5. The molecule has 3 rings (SSSR count). The zero-order valence-electron chi connectivity index (χ0n) is 14.3. The fourth-order valence-corrected chi connectivity index (χ4v) is 3.08. The largest absolute Gasteiger partial charge is 0.478 e. The lowest BCUT2D eigenvalue weighted by Crippen LogP contribution is -2.26. The van der Waals surface area contributed by atoms with Crippen LogP contribution in [0.4, 0.5) is 0 Å². The standard InChI is InChI=1S/C21H19NO3S/c1-15-22-19(14-26-15)17-10-12-18(13-11-17)25-20(21(23)24)9-5-8-16-6-3-2-4-7-16/h2-8,10-14,20H,9H2,1H3,(H,23,24)/b8-5+/t20-/m1/s1. The molecule has 132 valence electrons. The van der Waals surface area contributed by atoms with Crippen LogP contribution in [0.5, 0.6) is 5.75 Å². The Morgan fingerprint density at radius 2 is 1.92 bits per heavy atom. The van der Waals surface area contributed by atoms with E-state index < -0.39 is 12.1 Å². The molecule has 4 nitrogen and oxygen atoms in total. The van der Waals surface area contributed by atoms with Crippen LogP contribution in [0, 0.1) is 6.92 Å². The van der Waals surface area contributed by atoms with Crippen molar-refractivity contribution in [1.29, 1.82) is 0 Å². The van der Waals surface area contributed by atoms with E-state index in [4.69, 9.17) is 4.74 Å². The average molecular weight is 365 g/mol. The molecule has 0 aliphatic rings. The quantitative estimate of drug-likeness (QED) is 0.636. The molecule has 5 heteroatoms. The Bertz CT molecular complexity index is 885. The molecule has 1 atom stereocenters. The minimum atomic E-state index is -0.984. The SMILES string of the molecule is Cc1nc(-c2ccc(O[C@H](C/C=C/c3ccccc3)C(=O)O)cc2)cs1. The summed E-state index contributed by atoms with van der Waals surface area (Å²) in [6, 6.07) is 17.1. The number of aliphatic carboxylic acids is 1. The van der Waals surface area contributed by atoms with Gasteiger partial charge in [0.05, 0.1) is 10.7 Å². The van der Waals surface area contributed by atoms with E-state index in [1.807, 2.05) is 66.9 Å². The summed E-state index contributed by atoms with van der Waals surface area (Å²) in [6.07, 6.45) is 3.08. The van der Waals surface area contributed by atoms with Crippen LogP contribution in [0.3, 0.4) is 0 Å². The molecule has 1 aromatic heterocycles. The molecule has 0 radical (unpaired) electrons. The first kappa shape index (κ1) is 17.9. The molecule has 0 aliphatic carbocycles. The molecular formula is C21H19NO3S. The van der Waals surface area contributed by atoms with Crippen molar-refractivity contribution in [3.05, 3.63) is 76.6 Å². The Labute approximate surface area is 156 Å². The Kier molecular flexibility index (Phi) is 5.81. The van der Waals surface area contributed by atoms with Gasteiger partial charge >= 0.3 is 5.97 Å². The van der Waals surface area contributed by atoms with Crippen LogP contribution in [-0.2, 0) is 4.79 Å². The second-order valence-electron chi connectivity index (χ2n) is 5.77. The molecule has 0 spiro atoms. The first-order valence-corrected chi connectivity index (χ1v) is 9.13. The summed E-state index contributed by atoms with van der Waals surface area (Å²) < 4.78 is 5.64. The van der Waals surface area contributed by atoms with Gasteiger partial charge in [-0.25, -0.2) is 9.78 Å². The second-order valence-corrected chi connectivity index (χ2v) is 6.83. The van der Waals surface area contributed by atoms with Crippen molar-refractivity contribution in [2.24, 2.45) is 0 Å². The number of benzene rings is 2. The molecule has 0 unspecified atom stereocenters. The van der Waals surface area contributed by atoms with Crippen molar-refractivity contribution in [1.82, 2.24) is 4.98 Å². The summed E-state index contributed by atoms with van der Waals surface area (Å²) in [6.45, 7) is 1.96. The molecule has 0 aliphatic heterocycles. The van der Waals surface area contributed by atoms with Gasteiger partial charge in [-0.2, -0.15) is 0 Å². The van der Waals surface area contributed by atoms with E-state index >= 15 is 0 Å². The van der Waals surface area contributed by atoms with E-state index in [1.54, 1.807) is 23.5 Å². The molecule has 2 aromatic carbocycles. The molecule has 0 fully saturated rings. The first-order valence-electron chi connectivity index (χ1n) is 8.25. The van der Waals surface area contributed by atoms with Gasteiger partial charge < -0.3 is 9.84 Å². The fourth-order valence-electron chi connectivity index (χ4n) is 2.46. The van der Waals surface area contributed by atoms with Crippen LogP contribution in [-0.4, -0.2) is 22.2 Å². The number of ether oxygens (including phenoxy) is 1. The molecule has 26 heavy (non-hydrogen) atoms. The predicted octanol–water partition coefficient (Wildman–Crippen LogP) is 5.05. The van der Waals surface area contributed by atoms with Crippen LogP contribution in [0.2, 0.25) is 0 Å². The highest BCUT2D eigenvalue weighted by atomic mass is 32.1. The van der Waals surface area contributed by atoms with Crippen molar-refractivity contribution in [3.63, 3.8) is 0 Å². The van der Waals surface area contributed by atoms with Crippen molar-refractivity contribution in [2.45, 2.75) is 19.4 Å². The van der Waals surface area contributed by atoms with Crippen LogP contribution >= 0.6 is 11.3 Å². The first-order chi connectivity index (χ1) is 12.6. The van der Waals surface area contributed by atoms with Crippen LogP contribution in [0.15, 0.2) is 66.1 Å². The van der Waals surface area contributed by atoms with E-state index in [0.717, 1.165) is 21.8 Å². The summed E-state index contributed by atoms with van der Waals surface area (Å²) in [5, 5.41) is 12.4. The van der Waals surface area contributed by atoms with E-state index in [-0.39, 0.29) is 6.42 Å². The smallest absolute Gasteiger partial charge is 0.345 e. The lowest BCUT2D eigenvalue weighted by Gasteiger charge is -2.13. The third-order valence-corrected chi connectivity index (χ3v) is 4.56. The molecule has 1 heterocycles. The highest BCUT2D eigenvalue weighted by Crippen LogP contribution is 2.24. The highest BCUT2D eigenvalue weighted by molar-refractivity contribution is 7.09. The lowest BCUT2D eigenvalue weighted by atomic mass is 10.1. The van der Waals surface area contributed by atoms with Gasteiger partial charge in [-0.05, 0) is 36.8 Å². The minimum Gasteiger partial charge on any atom is -0.478 e. The number of hydrogen-bond donors (Lipinski definition) is 1. The summed E-state index contributed by atoms with van der Waals surface area (Å²) >= 11 is 1.60. The number of carbonyl (C=O) groups is 1. The lowest BCUT2D eigenvalue weighted by molar-refractivity contribution is -0.144. The molecule has 3 aromatic rings.